The molecule has 0 spiro atoms. The van der Waals surface area contributed by atoms with Crippen molar-refractivity contribution in [2.45, 2.75) is 24.7 Å². The summed E-state index contributed by atoms with van der Waals surface area (Å²) in [6.07, 6.45) is 0.710. The molecule has 0 amide bonds. The van der Waals surface area contributed by atoms with Crippen molar-refractivity contribution in [3.63, 3.8) is 0 Å². The Morgan fingerprint density at radius 1 is 1.42 bits per heavy atom. The molecule has 1 saturated heterocycles. The smallest absolute Gasteiger partial charge is 0.309 e. The molecule has 0 saturated carbocycles. The zero-order chi connectivity index (χ0) is 17.9. The number of carbonyl (C=O) groups excluding carboxylic acids is 1. The first kappa shape index (κ1) is 18.6. The fourth-order valence-corrected chi connectivity index (χ4v) is 4.21. The van der Waals surface area contributed by atoms with E-state index in [4.69, 9.17) is 16.3 Å². The van der Waals surface area contributed by atoms with Crippen molar-refractivity contribution in [2.24, 2.45) is 5.92 Å². The number of ether oxygens (including phenoxy) is 1. The van der Waals surface area contributed by atoms with Crippen LogP contribution in [0.5, 0.6) is 0 Å². The highest BCUT2D eigenvalue weighted by Gasteiger charge is 2.33. The average molecular weight is 377 g/mol. The Hall–Kier alpha value is -1.71. The van der Waals surface area contributed by atoms with Crippen LogP contribution >= 0.6 is 11.6 Å². The Labute approximate surface area is 144 Å². The molecular formula is C14H17ClN2O6S. The summed E-state index contributed by atoms with van der Waals surface area (Å²) >= 11 is 5.71. The van der Waals surface area contributed by atoms with Gasteiger partial charge in [-0.1, -0.05) is 11.6 Å². The van der Waals surface area contributed by atoms with Gasteiger partial charge in [-0.2, -0.15) is 4.31 Å². The van der Waals surface area contributed by atoms with Crippen molar-refractivity contribution in [3.8, 4) is 0 Å². The van der Waals surface area contributed by atoms with E-state index in [1.54, 1.807) is 6.92 Å². The second kappa shape index (κ2) is 7.45. The molecule has 0 atom stereocenters. The van der Waals surface area contributed by atoms with E-state index < -0.39 is 20.6 Å². The van der Waals surface area contributed by atoms with Crippen LogP contribution in [-0.4, -0.2) is 43.3 Å². The van der Waals surface area contributed by atoms with Crippen LogP contribution in [0.3, 0.4) is 0 Å². The van der Waals surface area contributed by atoms with Crippen molar-refractivity contribution >= 4 is 33.3 Å². The maximum absolute atomic E-state index is 12.6. The predicted octanol–water partition coefficient (Wildman–Crippen LogP) is 2.21. The number of nitrogens with zero attached hydrogens (tertiary/aromatic N) is 2. The number of benzene rings is 1. The zero-order valence-electron chi connectivity index (χ0n) is 13.0. The second-order valence-corrected chi connectivity index (χ2v) is 7.65. The van der Waals surface area contributed by atoms with Gasteiger partial charge in [0.05, 0.1) is 22.3 Å². The van der Waals surface area contributed by atoms with Gasteiger partial charge in [0.2, 0.25) is 10.0 Å². The van der Waals surface area contributed by atoms with Crippen molar-refractivity contribution in [1.29, 1.82) is 0 Å². The predicted molar refractivity (Wildman–Crippen MR) is 86.2 cm³/mol. The van der Waals surface area contributed by atoms with Gasteiger partial charge in [-0.3, -0.25) is 14.9 Å². The lowest BCUT2D eigenvalue weighted by Gasteiger charge is -2.30. The van der Waals surface area contributed by atoms with Gasteiger partial charge in [0.1, 0.15) is 5.02 Å². The Balaban J connectivity index is 2.16. The van der Waals surface area contributed by atoms with Gasteiger partial charge in [-0.05, 0) is 31.9 Å². The molecule has 2 rings (SSSR count). The van der Waals surface area contributed by atoms with Gasteiger partial charge < -0.3 is 4.74 Å². The Bertz CT molecular complexity index is 744. The van der Waals surface area contributed by atoms with Gasteiger partial charge in [-0.15, -0.1) is 0 Å². The van der Waals surface area contributed by atoms with Gasteiger partial charge >= 0.3 is 5.97 Å². The number of nitro benzene ring substituents is 1. The first-order chi connectivity index (χ1) is 11.3. The highest BCUT2D eigenvalue weighted by atomic mass is 35.5. The average Bonchev–Trinajstić information content (AvgIpc) is 2.55. The van der Waals surface area contributed by atoms with Crippen molar-refractivity contribution in [3.05, 3.63) is 33.3 Å². The summed E-state index contributed by atoms with van der Waals surface area (Å²) in [5.41, 5.74) is -0.459. The fraction of sp³-hybridized carbons (Fsp3) is 0.500. The molecule has 0 unspecified atom stereocenters. The molecule has 1 aliphatic heterocycles. The van der Waals surface area contributed by atoms with Gasteiger partial charge in [0.15, 0.2) is 0 Å². The minimum atomic E-state index is -3.88. The van der Waals surface area contributed by atoms with Crippen molar-refractivity contribution < 1.29 is 22.9 Å². The molecule has 10 heteroatoms. The van der Waals surface area contributed by atoms with E-state index in [1.807, 2.05) is 0 Å². The highest BCUT2D eigenvalue weighted by Crippen LogP contribution is 2.30. The maximum atomic E-state index is 12.6. The van der Waals surface area contributed by atoms with Crippen LogP contribution in [0.2, 0.25) is 5.02 Å². The van der Waals surface area contributed by atoms with E-state index in [-0.39, 0.29) is 41.5 Å². The molecule has 24 heavy (non-hydrogen) atoms. The first-order valence-corrected chi connectivity index (χ1v) is 9.20. The third-order valence-electron chi connectivity index (χ3n) is 3.83. The zero-order valence-corrected chi connectivity index (χ0v) is 14.5. The lowest BCUT2D eigenvalue weighted by Crippen LogP contribution is -2.40. The number of hydrogen-bond acceptors (Lipinski definition) is 6. The molecule has 0 radical (unpaired) electrons. The number of esters is 1. The van der Waals surface area contributed by atoms with Crippen LogP contribution in [0.25, 0.3) is 0 Å². The number of nitro groups is 1. The largest absolute Gasteiger partial charge is 0.466 e. The van der Waals surface area contributed by atoms with Crippen molar-refractivity contribution in [1.82, 2.24) is 4.31 Å². The van der Waals surface area contributed by atoms with E-state index in [9.17, 15) is 23.3 Å². The molecule has 132 valence electrons. The molecule has 1 aromatic carbocycles. The summed E-state index contributed by atoms with van der Waals surface area (Å²) in [7, 11) is -3.88. The molecule has 1 aromatic rings. The normalized spacial score (nSPS) is 16.8. The third kappa shape index (κ3) is 3.85. The number of rotatable bonds is 5. The van der Waals surface area contributed by atoms with E-state index in [1.165, 1.54) is 16.4 Å². The number of carbonyl (C=O) groups is 1. The number of hydrogen-bond donors (Lipinski definition) is 0. The Morgan fingerprint density at radius 3 is 2.58 bits per heavy atom. The molecule has 0 aromatic heterocycles. The molecule has 0 N–H and O–H groups in total. The number of piperidine rings is 1. The number of sulfonamides is 1. The Morgan fingerprint density at radius 2 is 2.04 bits per heavy atom. The van der Waals surface area contributed by atoms with Crippen LogP contribution in [0, 0.1) is 16.0 Å². The van der Waals surface area contributed by atoms with E-state index in [2.05, 4.69) is 0 Å². The minimum absolute atomic E-state index is 0.125. The topological polar surface area (TPSA) is 107 Å². The summed E-state index contributed by atoms with van der Waals surface area (Å²) in [5, 5.41) is 10.8. The van der Waals surface area contributed by atoms with Gasteiger partial charge in [0.25, 0.3) is 5.69 Å². The lowest BCUT2D eigenvalue weighted by atomic mass is 9.98. The van der Waals surface area contributed by atoms with Crippen LogP contribution in [-0.2, 0) is 19.6 Å². The quantitative estimate of drug-likeness (QED) is 0.443. The molecular weight excluding hydrogens is 360 g/mol. The molecule has 1 aliphatic rings. The minimum Gasteiger partial charge on any atom is -0.466 e. The first-order valence-electron chi connectivity index (χ1n) is 7.38. The summed E-state index contributed by atoms with van der Waals surface area (Å²) in [6.45, 7) is 2.31. The molecule has 1 fully saturated rings. The van der Waals surface area contributed by atoms with Crippen LogP contribution in [0.15, 0.2) is 23.1 Å². The van der Waals surface area contributed by atoms with Gasteiger partial charge in [0, 0.05) is 19.2 Å². The lowest BCUT2D eigenvalue weighted by molar-refractivity contribution is -0.384. The Kier molecular flexibility index (Phi) is 5.79. The van der Waals surface area contributed by atoms with Gasteiger partial charge in [-0.25, -0.2) is 8.42 Å². The molecule has 8 nitrogen and oxygen atoms in total. The van der Waals surface area contributed by atoms with Crippen LogP contribution in [0.1, 0.15) is 19.8 Å². The summed E-state index contributed by atoms with van der Waals surface area (Å²) in [4.78, 5) is 21.7. The molecule has 0 aliphatic carbocycles. The third-order valence-corrected chi connectivity index (χ3v) is 6.04. The monoisotopic (exact) mass is 376 g/mol. The van der Waals surface area contributed by atoms with E-state index in [0.717, 1.165) is 6.07 Å². The fourth-order valence-electron chi connectivity index (χ4n) is 2.53. The summed E-state index contributed by atoms with van der Waals surface area (Å²) < 4.78 is 31.4. The standard InChI is InChI=1S/C14H17ClN2O6S/c1-2-23-14(18)10-5-7-16(8-6-10)24(21,22)11-3-4-12(15)13(9-11)17(19)20/h3-4,9-10H,2,5-8H2,1H3. The second-order valence-electron chi connectivity index (χ2n) is 5.30. The molecule has 1 heterocycles. The summed E-state index contributed by atoms with van der Waals surface area (Å²) in [6, 6.07) is 3.38. The maximum Gasteiger partial charge on any atom is 0.309 e. The number of halogens is 1. The van der Waals surface area contributed by atoms with E-state index >= 15 is 0 Å². The highest BCUT2D eigenvalue weighted by molar-refractivity contribution is 7.89. The van der Waals surface area contributed by atoms with Crippen LogP contribution < -0.4 is 0 Å². The molecule has 0 bridgehead atoms. The summed E-state index contributed by atoms with van der Waals surface area (Å²) in [5.74, 6) is -0.646. The van der Waals surface area contributed by atoms with Crippen LogP contribution in [0.4, 0.5) is 5.69 Å². The van der Waals surface area contributed by atoms with E-state index in [0.29, 0.717) is 12.8 Å². The SMILES string of the molecule is CCOC(=O)C1CCN(S(=O)(=O)c2ccc(Cl)c([N+](=O)[O-])c2)CC1. The van der Waals surface area contributed by atoms with Crippen molar-refractivity contribution in [2.75, 3.05) is 19.7 Å².